The molecule has 2 rings (SSSR count). The molecule has 9 nitrogen and oxygen atoms in total. The summed E-state index contributed by atoms with van der Waals surface area (Å²) in [7, 11) is 2.58. The summed E-state index contributed by atoms with van der Waals surface area (Å²) in [6.07, 6.45) is 0. The molecule has 2 aromatic carbocycles. The lowest BCUT2D eigenvalue weighted by Gasteiger charge is -2.11. The van der Waals surface area contributed by atoms with Crippen molar-refractivity contribution < 1.29 is 33.1 Å². The molecule has 0 saturated carbocycles. The van der Waals surface area contributed by atoms with Crippen molar-refractivity contribution >= 4 is 23.3 Å². The van der Waals surface area contributed by atoms with E-state index in [0.29, 0.717) is 0 Å². The monoisotopic (exact) mass is 378 g/mol. The lowest BCUT2D eigenvalue weighted by atomic mass is 10.1. The lowest BCUT2D eigenvalue weighted by molar-refractivity contribution is -0.385. The zero-order valence-electron chi connectivity index (χ0n) is 14.4. The second kappa shape index (κ2) is 8.61. The summed E-state index contributed by atoms with van der Waals surface area (Å²) >= 11 is 0. The van der Waals surface area contributed by atoms with E-state index in [-0.39, 0.29) is 17.2 Å². The highest BCUT2D eigenvalue weighted by Crippen LogP contribution is 2.34. The van der Waals surface area contributed by atoms with Crippen LogP contribution in [-0.2, 0) is 9.53 Å². The topological polar surface area (TPSA) is 117 Å². The zero-order chi connectivity index (χ0) is 20.0. The molecule has 0 radical (unpaired) electrons. The summed E-state index contributed by atoms with van der Waals surface area (Å²) < 4.78 is 28.2. The van der Waals surface area contributed by atoms with Crippen LogP contribution in [0.3, 0.4) is 0 Å². The number of nitro benzene ring substituents is 1. The summed E-state index contributed by atoms with van der Waals surface area (Å²) in [5.41, 5.74) is -1.08. The predicted octanol–water partition coefficient (Wildman–Crippen LogP) is 2.55. The Labute approximate surface area is 152 Å². The average Bonchev–Trinajstić information content (AvgIpc) is 2.66. The van der Waals surface area contributed by atoms with Crippen molar-refractivity contribution in [2.24, 2.45) is 0 Å². The van der Waals surface area contributed by atoms with E-state index >= 15 is 0 Å². The van der Waals surface area contributed by atoms with Gasteiger partial charge in [-0.15, -0.1) is 0 Å². The smallest absolute Gasteiger partial charge is 0.345 e. The van der Waals surface area contributed by atoms with E-state index in [0.717, 1.165) is 18.2 Å². The highest BCUT2D eigenvalue weighted by Gasteiger charge is 2.26. The Morgan fingerprint density at radius 3 is 2.37 bits per heavy atom. The lowest BCUT2D eigenvalue weighted by Crippen LogP contribution is -2.21. The van der Waals surface area contributed by atoms with Gasteiger partial charge in [-0.3, -0.25) is 14.9 Å². The van der Waals surface area contributed by atoms with Crippen LogP contribution in [0.2, 0.25) is 0 Å². The molecule has 0 aliphatic carbocycles. The number of carbonyl (C=O) groups is 2. The maximum Gasteiger partial charge on any atom is 0.345 e. The number of rotatable bonds is 7. The number of hydrogen-bond acceptors (Lipinski definition) is 7. The number of esters is 1. The zero-order valence-corrected chi connectivity index (χ0v) is 14.4. The van der Waals surface area contributed by atoms with Crippen molar-refractivity contribution in [1.29, 1.82) is 0 Å². The molecule has 0 fully saturated rings. The molecule has 0 bridgehead atoms. The van der Waals surface area contributed by atoms with Crippen LogP contribution in [0.1, 0.15) is 10.4 Å². The van der Waals surface area contributed by atoms with Crippen LogP contribution < -0.4 is 14.8 Å². The van der Waals surface area contributed by atoms with E-state index in [2.05, 4.69) is 5.32 Å². The van der Waals surface area contributed by atoms with Gasteiger partial charge < -0.3 is 19.5 Å². The number of methoxy groups -OCH3 is 2. The van der Waals surface area contributed by atoms with Gasteiger partial charge in [-0.25, -0.2) is 9.18 Å². The molecule has 1 N–H and O–H groups in total. The minimum Gasteiger partial charge on any atom is -0.493 e. The van der Waals surface area contributed by atoms with Crippen LogP contribution in [0.15, 0.2) is 36.4 Å². The SMILES string of the molecule is COc1cc(C(=O)OCC(=O)Nc2ccccc2F)c([N+](=O)[O-])cc1OC. The summed E-state index contributed by atoms with van der Waals surface area (Å²) in [6, 6.07) is 7.52. The number of para-hydroxylation sites is 1. The molecule has 0 saturated heterocycles. The van der Waals surface area contributed by atoms with Crippen molar-refractivity contribution in [2.45, 2.75) is 0 Å². The molecule has 10 heteroatoms. The second-order valence-corrected chi connectivity index (χ2v) is 5.09. The maximum atomic E-state index is 13.5. The van der Waals surface area contributed by atoms with Gasteiger partial charge in [-0.1, -0.05) is 12.1 Å². The number of halogens is 1. The van der Waals surface area contributed by atoms with Gasteiger partial charge in [0, 0.05) is 6.07 Å². The molecule has 0 aliphatic rings. The quantitative estimate of drug-likeness (QED) is 0.447. The van der Waals surface area contributed by atoms with E-state index in [1.54, 1.807) is 0 Å². The molecule has 0 heterocycles. The van der Waals surface area contributed by atoms with Crippen LogP contribution in [0.4, 0.5) is 15.8 Å². The molecule has 1 amide bonds. The van der Waals surface area contributed by atoms with E-state index in [4.69, 9.17) is 14.2 Å². The van der Waals surface area contributed by atoms with Crippen molar-refractivity contribution in [3.05, 3.63) is 57.9 Å². The fourth-order valence-electron chi connectivity index (χ4n) is 2.14. The average molecular weight is 378 g/mol. The van der Waals surface area contributed by atoms with Crippen LogP contribution in [0, 0.1) is 15.9 Å². The van der Waals surface area contributed by atoms with Gasteiger partial charge in [0.15, 0.2) is 18.1 Å². The minimum absolute atomic E-state index is 0.0537. The third-order valence-corrected chi connectivity index (χ3v) is 3.40. The number of ether oxygens (including phenoxy) is 3. The van der Waals surface area contributed by atoms with E-state index < -0.39 is 40.5 Å². The van der Waals surface area contributed by atoms with E-state index in [1.807, 2.05) is 0 Å². The molecule has 27 heavy (non-hydrogen) atoms. The van der Waals surface area contributed by atoms with Crippen molar-refractivity contribution in [3.63, 3.8) is 0 Å². The molecular weight excluding hydrogens is 363 g/mol. The van der Waals surface area contributed by atoms with Gasteiger partial charge in [0.25, 0.3) is 11.6 Å². The van der Waals surface area contributed by atoms with Gasteiger partial charge in [0.1, 0.15) is 11.4 Å². The first kappa shape index (κ1) is 19.6. The number of nitrogens with one attached hydrogen (secondary N) is 1. The molecule has 2 aromatic rings. The number of hydrogen-bond donors (Lipinski definition) is 1. The normalized spacial score (nSPS) is 10.0. The highest BCUT2D eigenvalue weighted by molar-refractivity contribution is 5.98. The largest absolute Gasteiger partial charge is 0.493 e. The first-order valence-electron chi connectivity index (χ1n) is 7.49. The number of amides is 1. The minimum atomic E-state index is -1.12. The Morgan fingerprint density at radius 2 is 1.78 bits per heavy atom. The third kappa shape index (κ3) is 4.69. The summed E-state index contributed by atoms with van der Waals surface area (Å²) in [5, 5.41) is 13.4. The fraction of sp³-hybridized carbons (Fsp3) is 0.176. The van der Waals surface area contributed by atoms with Crippen LogP contribution in [0.5, 0.6) is 11.5 Å². The van der Waals surface area contributed by atoms with Gasteiger partial charge in [0.2, 0.25) is 0 Å². The Hall–Kier alpha value is -3.69. The molecule has 0 aliphatic heterocycles. The van der Waals surface area contributed by atoms with Crippen molar-refractivity contribution in [3.8, 4) is 11.5 Å². The van der Waals surface area contributed by atoms with Gasteiger partial charge in [-0.05, 0) is 12.1 Å². The van der Waals surface area contributed by atoms with Gasteiger partial charge in [0.05, 0.1) is 30.9 Å². The molecular formula is C17H15FN2O7. The Balaban J connectivity index is 2.14. The number of benzene rings is 2. The number of nitro groups is 1. The number of nitrogens with zero attached hydrogens (tertiary/aromatic N) is 1. The van der Waals surface area contributed by atoms with Crippen molar-refractivity contribution in [2.75, 3.05) is 26.1 Å². The van der Waals surface area contributed by atoms with Gasteiger partial charge >= 0.3 is 5.97 Å². The highest BCUT2D eigenvalue weighted by atomic mass is 19.1. The first-order chi connectivity index (χ1) is 12.9. The predicted molar refractivity (Wildman–Crippen MR) is 91.5 cm³/mol. The van der Waals surface area contributed by atoms with Crippen molar-refractivity contribution in [1.82, 2.24) is 0 Å². The van der Waals surface area contributed by atoms with Gasteiger partial charge in [-0.2, -0.15) is 0 Å². The van der Waals surface area contributed by atoms with E-state index in [1.165, 1.54) is 32.4 Å². The summed E-state index contributed by atoms with van der Waals surface area (Å²) in [5.74, 6) is -2.46. The fourth-order valence-corrected chi connectivity index (χ4v) is 2.14. The molecule has 0 atom stereocenters. The number of anilines is 1. The summed E-state index contributed by atoms with van der Waals surface area (Å²) in [6.45, 7) is -0.765. The molecule has 0 aromatic heterocycles. The van der Waals surface area contributed by atoms with Crippen LogP contribution in [-0.4, -0.2) is 37.6 Å². The molecule has 0 spiro atoms. The third-order valence-electron chi connectivity index (χ3n) is 3.40. The first-order valence-corrected chi connectivity index (χ1v) is 7.49. The summed E-state index contributed by atoms with van der Waals surface area (Å²) in [4.78, 5) is 34.4. The Morgan fingerprint density at radius 1 is 1.15 bits per heavy atom. The standard InChI is InChI=1S/C17H15FN2O7/c1-25-14-7-10(13(20(23)24)8-15(14)26-2)17(22)27-9-16(21)19-12-6-4-3-5-11(12)18/h3-8H,9H2,1-2H3,(H,19,21). The molecule has 142 valence electrons. The Kier molecular flexibility index (Phi) is 6.26. The van der Waals surface area contributed by atoms with E-state index in [9.17, 15) is 24.1 Å². The molecule has 0 unspecified atom stereocenters. The van der Waals surface area contributed by atoms with Crippen LogP contribution >= 0.6 is 0 Å². The second-order valence-electron chi connectivity index (χ2n) is 5.09. The van der Waals surface area contributed by atoms with Crippen LogP contribution in [0.25, 0.3) is 0 Å². The maximum absolute atomic E-state index is 13.5. The Bertz CT molecular complexity index is 886. The number of carbonyl (C=O) groups excluding carboxylic acids is 2.